The summed E-state index contributed by atoms with van der Waals surface area (Å²) in [6.07, 6.45) is 2.31. The molecule has 1 aliphatic heterocycles. The highest BCUT2D eigenvalue weighted by atomic mass is 79.9. The lowest BCUT2D eigenvalue weighted by Crippen LogP contribution is -2.38. The number of hydrogen-bond donors (Lipinski definition) is 3. The van der Waals surface area contributed by atoms with E-state index in [1.54, 1.807) is 0 Å². The second kappa shape index (κ2) is 5.61. The molecule has 1 saturated heterocycles. The lowest BCUT2D eigenvalue weighted by molar-refractivity contribution is 0.229. The van der Waals surface area contributed by atoms with E-state index in [1.165, 1.54) is 0 Å². The van der Waals surface area contributed by atoms with Gasteiger partial charge >= 0.3 is 5.69 Å². The number of halogens is 1. The highest BCUT2D eigenvalue weighted by Crippen LogP contribution is 2.28. The number of piperidine rings is 1. The fourth-order valence-corrected chi connectivity index (χ4v) is 3.24. The van der Waals surface area contributed by atoms with Crippen molar-refractivity contribution < 1.29 is 0 Å². The van der Waals surface area contributed by atoms with Gasteiger partial charge in [0, 0.05) is 23.6 Å². The van der Waals surface area contributed by atoms with Gasteiger partial charge < -0.3 is 20.2 Å². The van der Waals surface area contributed by atoms with Gasteiger partial charge in [-0.3, -0.25) is 0 Å². The van der Waals surface area contributed by atoms with Crippen molar-refractivity contribution in [1.29, 1.82) is 0 Å². The lowest BCUT2D eigenvalue weighted by atomic mass is 10.0. The van der Waals surface area contributed by atoms with E-state index in [0.29, 0.717) is 6.04 Å². The minimum atomic E-state index is -0.166. The van der Waals surface area contributed by atoms with Gasteiger partial charge in [-0.15, -0.1) is 0 Å². The van der Waals surface area contributed by atoms with Crippen molar-refractivity contribution in [2.75, 3.05) is 25.0 Å². The Bertz CT molecular complexity index is 655. The molecule has 3 N–H and O–H groups in total. The van der Waals surface area contributed by atoms with E-state index < -0.39 is 0 Å². The van der Waals surface area contributed by atoms with Crippen LogP contribution in [-0.2, 0) is 0 Å². The highest BCUT2D eigenvalue weighted by molar-refractivity contribution is 9.10. The fraction of sp³-hybridized carbons (Fsp3) is 0.500. The molecule has 3 rings (SSSR count). The maximum atomic E-state index is 11.3. The van der Waals surface area contributed by atoms with E-state index in [2.05, 4.69) is 43.0 Å². The molecular formula is C14H19BrN4O. The number of aromatic amines is 2. The molecule has 2 heterocycles. The van der Waals surface area contributed by atoms with Crippen LogP contribution < -0.4 is 11.0 Å². The van der Waals surface area contributed by atoms with Crippen LogP contribution in [0.1, 0.15) is 19.8 Å². The molecule has 0 bridgehead atoms. The second-order valence-corrected chi connectivity index (χ2v) is 6.16. The number of likely N-dealkylation sites (tertiary alicyclic amines) is 1. The molecule has 0 unspecified atom stereocenters. The third kappa shape index (κ3) is 2.76. The van der Waals surface area contributed by atoms with Crippen molar-refractivity contribution in [3.05, 3.63) is 27.1 Å². The van der Waals surface area contributed by atoms with Gasteiger partial charge in [-0.05, 0) is 47.4 Å². The van der Waals surface area contributed by atoms with Gasteiger partial charge in [-0.25, -0.2) is 4.79 Å². The molecule has 1 aromatic heterocycles. The molecule has 0 spiro atoms. The summed E-state index contributed by atoms with van der Waals surface area (Å²) in [5.41, 5.74) is 2.54. The van der Waals surface area contributed by atoms with Crippen LogP contribution in [0.4, 0.5) is 5.69 Å². The van der Waals surface area contributed by atoms with E-state index in [9.17, 15) is 4.79 Å². The maximum absolute atomic E-state index is 11.3. The van der Waals surface area contributed by atoms with Crippen molar-refractivity contribution in [3.63, 3.8) is 0 Å². The first-order valence-electron chi connectivity index (χ1n) is 7.06. The SMILES string of the molecule is CCN1CCC(Nc2cc3[nH]c(=O)[nH]c3cc2Br)CC1. The van der Waals surface area contributed by atoms with Crippen LogP contribution in [0.15, 0.2) is 21.4 Å². The Hall–Kier alpha value is -1.27. The normalized spacial score (nSPS) is 17.7. The zero-order valence-corrected chi connectivity index (χ0v) is 13.1. The number of benzene rings is 1. The predicted molar refractivity (Wildman–Crippen MR) is 85.4 cm³/mol. The van der Waals surface area contributed by atoms with Crippen LogP contribution in [0.25, 0.3) is 11.0 Å². The average molecular weight is 339 g/mol. The number of imidazole rings is 1. The summed E-state index contributed by atoms with van der Waals surface area (Å²) in [7, 11) is 0. The molecule has 0 amide bonds. The molecule has 5 nitrogen and oxygen atoms in total. The number of hydrogen-bond acceptors (Lipinski definition) is 3. The molecule has 1 aliphatic rings. The minimum absolute atomic E-state index is 0.166. The molecule has 1 fully saturated rings. The molecule has 1 aromatic carbocycles. The summed E-state index contributed by atoms with van der Waals surface area (Å²) >= 11 is 3.57. The Morgan fingerprint density at radius 1 is 1.30 bits per heavy atom. The van der Waals surface area contributed by atoms with E-state index >= 15 is 0 Å². The third-order valence-electron chi connectivity index (χ3n) is 4.00. The van der Waals surface area contributed by atoms with Crippen LogP contribution in [0.5, 0.6) is 0 Å². The summed E-state index contributed by atoms with van der Waals surface area (Å²) in [4.78, 5) is 19.4. The van der Waals surface area contributed by atoms with Crippen LogP contribution in [0.3, 0.4) is 0 Å². The largest absolute Gasteiger partial charge is 0.381 e. The van der Waals surface area contributed by atoms with Gasteiger partial charge in [0.25, 0.3) is 0 Å². The fourth-order valence-electron chi connectivity index (χ4n) is 2.78. The molecular weight excluding hydrogens is 320 g/mol. The van der Waals surface area contributed by atoms with Gasteiger partial charge in [0.2, 0.25) is 0 Å². The van der Waals surface area contributed by atoms with Crippen molar-refractivity contribution in [2.45, 2.75) is 25.8 Å². The first-order chi connectivity index (χ1) is 9.65. The zero-order chi connectivity index (χ0) is 14.1. The first-order valence-corrected chi connectivity index (χ1v) is 7.85. The summed E-state index contributed by atoms with van der Waals surface area (Å²) in [6.45, 7) is 5.64. The van der Waals surface area contributed by atoms with Crippen molar-refractivity contribution in [3.8, 4) is 0 Å². The minimum Gasteiger partial charge on any atom is -0.381 e. The summed E-state index contributed by atoms with van der Waals surface area (Å²) in [5.74, 6) is 0. The predicted octanol–water partition coefficient (Wildman–Crippen LogP) is 2.51. The second-order valence-electron chi connectivity index (χ2n) is 5.31. The number of anilines is 1. The summed E-state index contributed by atoms with van der Waals surface area (Å²) < 4.78 is 0.984. The van der Waals surface area contributed by atoms with Crippen LogP contribution in [-0.4, -0.2) is 40.5 Å². The molecule has 6 heteroatoms. The van der Waals surface area contributed by atoms with Crippen LogP contribution in [0.2, 0.25) is 0 Å². The molecule has 0 aliphatic carbocycles. The number of fused-ring (bicyclic) bond motifs is 1. The Labute approximate surface area is 125 Å². The molecule has 0 atom stereocenters. The maximum Gasteiger partial charge on any atom is 0.323 e. The lowest BCUT2D eigenvalue weighted by Gasteiger charge is -2.32. The Morgan fingerprint density at radius 3 is 2.60 bits per heavy atom. The Morgan fingerprint density at radius 2 is 1.95 bits per heavy atom. The Kier molecular flexibility index (Phi) is 3.85. The van der Waals surface area contributed by atoms with E-state index in [0.717, 1.165) is 53.7 Å². The van der Waals surface area contributed by atoms with Crippen molar-refractivity contribution in [1.82, 2.24) is 14.9 Å². The molecule has 0 saturated carbocycles. The number of aromatic nitrogens is 2. The quantitative estimate of drug-likeness (QED) is 0.805. The molecule has 20 heavy (non-hydrogen) atoms. The summed E-state index contributed by atoms with van der Waals surface area (Å²) in [6, 6.07) is 4.43. The summed E-state index contributed by atoms with van der Waals surface area (Å²) in [5, 5.41) is 3.59. The van der Waals surface area contributed by atoms with E-state index in [1.807, 2.05) is 12.1 Å². The van der Waals surface area contributed by atoms with Gasteiger partial charge in [-0.1, -0.05) is 6.92 Å². The average Bonchev–Trinajstić information content (AvgIpc) is 2.79. The smallest absolute Gasteiger partial charge is 0.323 e. The number of nitrogens with one attached hydrogen (secondary N) is 3. The van der Waals surface area contributed by atoms with Crippen LogP contribution >= 0.6 is 15.9 Å². The van der Waals surface area contributed by atoms with Gasteiger partial charge in [0.1, 0.15) is 0 Å². The van der Waals surface area contributed by atoms with Crippen molar-refractivity contribution in [2.24, 2.45) is 0 Å². The topological polar surface area (TPSA) is 63.9 Å². The van der Waals surface area contributed by atoms with Crippen molar-refractivity contribution >= 4 is 32.7 Å². The van der Waals surface area contributed by atoms with Gasteiger partial charge in [0.15, 0.2) is 0 Å². The van der Waals surface area contributed by atoms with Gasteiger partial charge in [0.05, 0.1) is 16.7 Å². The Balaban J connectivity index is 1.77. The number of nitrogens with zero attached hydrogens (tertiary/aromatic N) is 1. The molecule has 2 aromatic rings. The molecule has 108 valence electrons. The highest BCUT2D eigenvalue weighted by Gasteiger charge is 2.18. The van der Waals surface area contributed by atoms with Crippen LogP contribution in [0, 0.1) is 0 Å². The monoisotopic (exact) mass is 338 g/mol. The van der Waals surface area contributed by atoms with E-state index in [-0.39, 0.29) is 5.69 Å². The number of H-pyrrole nitrogens is 2. The first kappa shape index (κ1) is 13.7. The molecule has 0 radical (unpaired) electrons. The van der Waals surface area contributed by atoms with E-state index in [4.69, 9.17) is 0 Å². The third-order valence-corrected chi connectivity index (χ3v) is 4.65. The van der Waals surface area contributed by atoms with Gasteiger partial charge in [-0.2, -0.15) is 0 Å². The number of rotatable bonds is 3. The zero-order valence-electron chi connectivity index (χ0n) is 11.5. The standard InChI is InChI=1S/C14H19BrN4O/c1-2-19-5-3-9(4-6-19)16-11-8-13-12(7-10(11)15)17-14(20)18-13/h7-9,16H,2-6H2,1H3,(H2,17,18,20).